The summed E-state index contributed by atoms with van der Waals surface area (Å²) in [4.78, 5) is 5.43. The Kier molecular flexibility index (Phi) is 8.61. The van der Waals surface area contributed by atoms with E-state index in [0.29, 0.717) is 0 Å². The molecule has 1 saturated carbocycles. The lowest BCUT2D eigenvalue weighted by Gasteiger charge is -2.52. The second kappa shape index (κ2) is 13.5. The second-order valence-electron chi connectivity index (χ2n) is 25.4. The molecule has 5 heteroatoms. The Morgan fingerprint density at radius 1 is 0.537 bits per heavy atom. The number of rotatable bonds is 3. The Labute approximate surface area is 399 Å². The van der Waals surface area contributed by atoms with Crippen molar-refractivity contribution in [3.8, 4) is 5.69 Å². The molecule has 4 nitrogen and oxygen atoms in total. The third kappa shape index (κ3) is 5.85. The number of fused-ring (bicyclic) bond motifs is 12. The normalized spacial score (nSPS) is 19.9. The maximum atomic E-state index is 7.06. The van der Waals surface area contributed by atoms with Crippen molar-refractivity contribution in [3.05, 3.63) is 137 Å². The van der Waals surface area contributed by atoms with Crippen molar-refractivity contribution in [3.63, 3.8) is 0 Å². The van der Waals surface area contributed by atoms with Crippen molar-refractivity contribution in [2.75, 3.05) is 9.80 Å². The number of anilines is 5. The van der Waals surface area contributed by atoms with Crippen LogP contribution in [0, 0.1) is 0 Å². The van der Waals surface area contributed by atoms with Crippen LogP contribution in [0.4, 0.5) is 28.4 Å². The van der Waals surface area contributed by atoms with Crippen LogP contribution in [-0.4, -0.2) is 16.8 Å². The minimum Gasteiger partial charge on any atom is -0.454 e. The highest BCUT2D eigenvalue weighted by Gasteiger charge is 2.61. The van der Waals surface area contributed by atoms with Gasteiger partial charge in [0.15, 0.2) is 5.58 Å². The summed E-state index contributed by atoms with van der Waals surface area (Å²) in [5.41, 5.74) is 23.0. The van der Waals surface area contributed by atoms with Crippen molar-refractivity contribution in [2.45, 2.75) is 155 Å². The van der Waals surface area contributed by atoms with Crippen molar-refractivity contribution in [2.24, 2.45) is 0 Å². The Bertz CT molecular complexity index is 3320. The van der Waals surface area contributed by atoms with E-state index in [0.717, 1.165) is 39.9 Å². The highest BCUT2D eigenvalue weighted by Crippen LogP contribution is 2.62. The van der Waals surface area contributed by atoms with E-state index in [4.69, 9.17) is 4.42 Å². The first-order valence-corrected chi connectivity index (χ1v) is 25.2. The van der Waals surface area contributed by atoms with E-state index in [9.17, 15) is 0 Å². The number of hydrogen-bond acceptors (Lipinski definition) is 3. The average Bonchev–Trinajstić information content (AvgIpc) is 3.87. The van der Waals surface area contributed by atoms with Gasteiger partial charge in [-0.25, -0.2) is 0 Å². The number of aromatic nitrogens is 1. The van der Waals surface area contributed by atoms with E-state index in [2.05, 4.69) is 220 Å². The maximum absolute atomic E-state index is 7.06. The van der Waals surface area contributed by atoms with Crippen LogP contribution in [0.15, 0.2) is 114 Å². The molecule has 0 saturated heterocycles. The summed E-state index contributed by atoms with van der Waals surface area (Å²) in [7, 11) is 0. The fraction of sp³-hybridized carbons (Fsp3) is 0.387. The van der Waals surface area contributed by atoms with Crippen LogP contribution in [0.5, 0.6) is 0 Å². The Morgan fingerprint density at radius 2 is 1.09 bits per heavy atom. The Hall–Kier alpha value is -5.68. The standard InChI is InChI=1S/C62H68BN3O/c1-57(2,3)37-21-25-41(26-22-37)64(42-27-23-38(24-28-42)58(4,5)6)43-35-49-52-50(36-43)66-55-46(61(13)29-17-18-30-62(61,66)14)32-40(60(10,11)12)34-48(55)63(52)47-33-39(59(7,8)9)31-45-53(47)65(49)54-44-19-15-16-20-51(44)67-56(45)54/h15-16,19-28,31-36H,17-18,29-30H2,1-14H3. The number of para-hydroxylation sites is 1. The molecule has 2 aromatic heterocycles. The first-order valence-electron chi connectivity index (χ1n) is 25.2. The van der Waals surface area contributed by atoms with Crippen molar-refractivity contribution < 1.29 is 4.42 Å². The van der Waals surface area contributed by atoms with Gasteiger partial charge in [-0.15, -0.1) is 0 Å². The fourth-order valence-corrected chi connectivity index (χ4v) is 13.0. The molecule has 8 aromatic rings. The molecule has 0 amide bonds. The van der Waals surface area contributed by atoms with Gasteiger partial charge in [0.2, 0.25) is 0 Å². The summed E-state index contributed by atoms with van der Waals surface area (Å²) in [6, 6.07) is 42.9. The van der Waals surface area contributed by atoms with E-state index in [1.54, 1.807) is 5.56 Å². The third-order valence-corrected chi connectivity index (χ3v) is 17.1. The smallest absolute Gasteiger partial charge is 0.252 e. The van der Waals surface area contributed by atoms with Gasteiger partial charge >= 0.3 is 0 Å². The van der Waals surface area contributed by atoms with Crippen LogP contribution in [0.1, 0.15) is 150 Å². The van der Waals surface area contributed by atoms with Crippen molar-refractivity contribution >= 4 is 84.5 Å². The molecule has 6 aromatic carbocycles. The third-order valence-electron chi connectivity index (χ3n) is 17.1. The summed E-state index contributed by atoms with van der Waals surface area (Å²) >= 11 is 0. The van der Waals surface area contributed by atoms with E-state index >= 15 is 0 Å². The maximum Gasteiger partial charge on any atom is 0.252 e. The first kappa shape index (κ1) is 42.7. The van der Waals surface area contributed by atoms with Gasteiger partial charge in [0.05, 0.1) is 16.7 Å². The molecule has 2 atom stereocenters. The van der Waals surface area contributed by atoms with Crippen LogP contribution >= 0.6 is 0 Å². The molecule has 2 unspecified atom stereocenters. The first-order chi connectivity index (χ1) is 31.5. The highest BCUT2D eigenvalue weighted by atomic mass is 16.3. The molecule has 1 aliphatic carbocycles. The zero-order chi connectivity index (χ0) is 47.1. The van der Waals surface area contributed by atoms with Gasteiger partial charge in [-0.05, 0) is 140 Å². The van der Waals surface area contributed by atoms with E-state index < -0.39 is 0 Å². The predicted octanol–water partition coefficient (Wildman–Crippen LogP) is 15.1. The van der Waals surface area contributed by atoms with Crippen LogP contribution in [-0.2, 0) is 27.1 Å². The lowest BCUT2D eigenvalue weighted by molar-refractivity contribution is 0.195. The molecule has 0 bridgehead atoms. The number of benzene rings is 6. The topological polar surface area (TPSA) is 24.6 Å². The Morgan fingerprint density at radius 3 is 1.70 bits per heavy atom. The van der Waals surface area contributed by atoms with Gasteiger partial charge in [-0.3, -0.25) is 0 Å². The van der Waals surface area contributed by atoms with Crippen LogP contribution in [0.25, 0.3) is 38.7 Å². The van der Waals surface area contributed by atoms with Gasteiger partial charge in [0, 0.05) is 44.6 Å². The zero-order valence-electron chi connectivity index (χ0n) is 42.5. The van der Waals surface area contributed by atoms with Gasteiger partial charge in [-0.1, -0.05) is 157 Å². The SMILES string of the molecule is CC(C)(C)c1ccc(N(c2ccc(C(C)(C)C)cc2)c2cc3c4c(c2)-n2c5c(cc(C(C)(C)C)cc5c5oc6ccccc6c52)B4c2cc(C(C)(C)C)cc4c2N3C2(C)CCCCC42C)cc1. The molecule has 340 valence electrons. The molecule has 0 N–H and O–H groups in total. The van der Waals surface area contributed by atoms with Gasteiger partial charge in [-0.2, -0.15) is 0 Å². The summed E-state index contributed by atoms with van der Waals surface area (Å²) in [6.07, 6.45) is 4.81. The molecular formula is C62H68BN3O. The molecular weight excluding hydrogens is 814 g/mol. The molecule has 1 fully saturated rings. The molecule has 4 aliphatic rings. The minimum absolute atomic E-state index is 0.0187. The van der Waals surface area contributed by atoms with Crippen molar-refractivity contribution in [1.29, 1.82) is 0 Å². The quantitative estimate of drug-likeness (QED) is 0.165. The average molecular weight is 882 g/mol. The summed E-state index contributed by atoms with van der Waals surface area (Å²) in [5, 5.41) is 2.36. The molecule has 0 radical (unpaired) electrons. The zero-order valence-corrected chi connectivity index (χ0v) is 42.5. The molecule has 67 heavy (non-hydrogen) atoms. The minimum atomic E-state index is -0.124. The molecule has 12 rings (SSSR count). The number of furan rings is 1. The summed E-state index contributed by atoms with van der Waals surface area (Å²) < 4.78 is 9.70. The monoisotopic (exact) mass is 882 g/mol. The highest BCUT2D eigenvalue weighted by molar-refractivity contribution is 7.00. The lowest BCUT2D eigenvalue weighted by Crippen LogP contribution is -2.64. The van der Waals surface area contributed by atoms with Crippen LogP contribution in [0.3, 0.4) is 0 Å². The van der Waals surface area contributed by atoms with Gasteiger partial charge in [0.25, 0.3) is 6.71 Å². The summed E-state index contributed by atoms with van der Waals surface area (Å²) in [6.45, 7) is 33.4. The molecule has 0 spiro atoms. The van der Waals surface area contributed by atoms with Gasteiger partial charge < -0.3 is 18.8 Å². The van der Waals surface area contributed by atoms with Crippen molar-refractivity contribution in [1.82, 2.24) is 4.57 Å². The Balaban J connectivity index is 1.26. The summed E-state index contributed by atoms with van der Waals surface area (Å²) in [5.74, 6) is 0. The molecule has 5 heterocycles. The molecule has 3 aliphatic heterocycles. The number of hydrogen-bond donors (Lipinski definition) is 0. The van der Waals surface area contributed by atoms with E-state index in [1.165, 1.54) is 91.6 Å². The second-order valence-corrected chi connectivity index (χ2v) is 25.4. The predicted molar refractivity (Wildman–Crippen MR) is 287 cm³/mol. The van der Waals surface area contributed by atoms with Gasteiger partial charge in [0.1, 0.15) is 11.1 Å². The fourth-order valence-electron chi connectivity index (χ4n) is 13.0. The van der Waals surface area contributed by atoms with Crippen LogP contribution < -0.4 is 26.2 Å². The van der Waals surface area contributed by atoms with E-state index in [-0.39, 0.29) is 39.3 Å². The van der Waals surface area contributed by atoms with E-state index in [1.807, 2.05) is 0 Å². The number of nitrogens with zero attached hydrogens (tertiary/aromatic N) is 3. The van der Waals surface area contributed by atoms with Crippen LogP contribution in [0.2, 0.25) is 0 Å². The largest absolute Gasteiger partial charge is 0.454 e. The lowest BCUT2D eigenvalue weighted by atomic mass is 9.33.